The van der Waals surface area contributed by atoms with Gasteiger partial charge in [-0.15, -0.1) is 11.3 Å². The fourth-order valence-corrected chi connectivity index (χ4v) is 2.74. The molecule has 1 heterocycles. The van der Waals surface area contributed by atoms with Gasteiger partial charge in [-0.05, 0) is 37.6 Å². The molecule has 2 rings (SSSR count). The molecule has 21 heavy (non-hydrogen) atoms. The highest BCUT2D eigenvalue weighted by Crippen LogP contribution is 2.23. The van der Waals surface area contributed by atoms with Gasteiger partial charge in [0.2, 0.25) is 5.91 Å². The van der Waals surface area contributed by atoms with Crippen LogP contribution in [0.3, 0.4) is 0 Å². The summed E-state index contributed by atoms with van der Waals surface area (Å²) in [4.78, 5) is 14.9. The molecule has 0 aliphatic carbocycles. The van der Waals surface area contributed by atoms with Gasteiger partial charge in [-0.25, -0.2) is 8.78 Å². The van der Waals surface area contributed by atoms with Crippen LogP contribution in [-0.2, 0) is 4.79 Å². The highest BCUT2D eigenvalue weighted by atomic mass is 32.1. The van der Waals surface area contributed by atoms with Crippen LogP contribution in [0.5, 0.6) is 0 Å². The van der Waals surface area contributed by atoms with Crippen molar-refractivity contribution in [3.63, 3.8) is 0 Å². The van der Waals surface area contributed by atoms with Crippen molar-refractivity contribution in [3.8, 4) is 0 Å². The minimum atomic E-state index is -0.780. The summed E-state index contributed by atoms with van der Waals surface area (Å²) in [6, 6.07) is 7.12. The van der Waals surface area contributed by atoms with Crippen LogP contribution in [0.1, 0.15) is 17.8 Å². The van der Waals surface area contributed by atoms with E-state index in [1.54, 1.807) is 11.3 Å². The quantitative estimate of drug-likeness (QED) is 0.914. The Morgan fingerprint density at radius 3 is 2.76 bits per heavy atom. The smallest absolute Gasteiger partial charge is 0.238 e. The Hall–Kier alpha value is -1.79. The van der Waals surface area contributed by atoms with Gasteiger partial charge in [0, 0.05) is 17.0 Å². The third-order valence-corrected chi connectivity index (χ3v) is 4.26. The van der Waals surface area contributed by atoms with Gasteiger partial charge in [0.1, 0.15) is 11.6 Å². The fraction of sp³-hybridized carbons (Fsp3) is 0.267. The molecule has 0 spiro atoms. The molecule has 6 heteroatoms. The monoisotopic (exact) mass is 310 g/mol. The molecule has 3 nitrogen and oxygen atoms in total. The molecule has 1 amide bonds. The maximum Gasteiger partial charge on any atom is 0.238 e. The van der Waals surface area contributed by atoms with Crippen LogP contribution in [0.15, 0.2) is 35.7 Å². The van der Waals surface area contributed by atoms with Crippen molar-refractivity contribution < 1.29 is 13.6 Å². The van der Waals surface area contributed by atoms with Gasteiger partial charge in [-0.2, -0.15) is 0 Å². The molecule has 2 aromatic rings. The van der Waals surface area contributed by atoms with Gasteiger partial charge in [0.15, 0.2) is 0 Å². The van der Waals surface area contributed by atoms with Gasteiger partial charge in [0.05, 0.1) is 12.2 Å². The number of likely N-dealkylation sites (N-methyl/N-ethyl adjacent to an activating group) is 1. The average Bonchev–Trinajstić information content (AvgIpc) is 2.95. The van der Waals surface area contributed by atoms with Crippen LogP contribution in [0.2, 0.25) is 0 Å². The number of thiophene rings is 1. The van der Waals surface area contributed by atoms with Crippen molar-refractivity contribution in [2.24, 2.45) is 0 Å². The molecule has 1 atom stereocenters. The molecule has 0 saturated carbocycles. The summed E-state index contributed by atoms with van der Waals surface area (Å²) >= 11 is 1.62. The second-order valence-electron chi connectivity index (χ2n) is 4.78. The van der Waals surface area contributed by atoms with Crippen LogP contribution < -0.4 is 5.32 Å². The first-order valence-electron chi connectivity index (χ1n) is 6.46. The minimum absolute atomic E-state index is 0.0152. The summed E-state index contributed by atoms with van der Waals surface area (Å²) in [6.45, 7) is 2.12. The molecule has 0 bridgehead atoms. The minimum Gasteiger partial charge on any atom is -0.322 e. The number of rotatable bonds is 5. The third kappa shape index (κ3) is 4.09. The van der Waals surface area contributed by atoms with Gasteiger partial charge in [-0.1, -0.05) is 6.07 Å². The Bertz CT molecular complexity index is 616. The normalized spacial score (nSPS) is 12.4. The predicted octanol–water partition coefficient (Wildman–Crippen LogP) is 3.66. The van der Waals surface area contributed by atoms with E-state index in [0.717, 1.165) is 17.0 Å². The number of hydrogen-bond acceptors (Lipinski definition) is 3. The largest absolute Gasteiger partial charge is 0.322 e. The number of carbonyl (C=O) groups is 1. The molecule has 1 aromatic heterocycles. The summed E-state index contributed by atoms with van der Waals surface area (Å²) in [5.74, 6) is -1.79. The number of benzene rings is 1. The number of anilines is 1. The molecule has 0 saturated heterocycles. The van der Waals surface area contributed by atoms with Crippen molar-refractivity contribution in [1.82, 2.24) is 4.90 Å². The van der Waals surface area contributed by atoms with E-state index in [1.807, 2.05) is 36.4 Å². The lowest BCUT2D eigenvalue weighted by Crippen LogP contribution is -2.32. The van der Waals surface area contributed by atoms with Crippen molar-refractivity contribution >= 4 is 22.9 Å². The Kier molecular flexibility index (Phi) is 5.03. The summed E-state index contributed by atoms with van der Waals surface area (Å²) < 4.78 is 26.3. The standard InChI is InChI=1S/C15H16F2N2OS/c1-10(14-4-3-7-21-14)19(2)9-15(20)18-13-6-5-11(16)8-12(13)17/h3-8,10H,9H2,1-2H3,(H,18,20). The lowest BCUT2D eigenvalue weighted by molar-refractivity contribution is -0.117. The topological polar surface area (TPSA) is 32.3 Å². The molecular weight excluding hydrogens is 294 g/mol. The lowest BCUT2D eigenvalue weighted by Gasteiger charge is -2.23. The van der Waals surface area contributed by atoms with E-state index in [-0.39, 0.29) is 24.2 Å². The number of hydrogen-bond donors (Lipinski definition) is 1. The maximum atomic E-state index is 13.5. The number of nitrogens with one attached hydrogen (secondary N) is 1. The van der Waals surface area contributed by atoms with Gasteiger partial charge >= 0.3 is 0 Å². The second kappa shape index (κ2) is 6.78. The van der Waals surface area contributed by atoms with E-state index in [4.69, 9.17) is 0 Å². The predicted molar refractivity (Wildman–Crippen MR) is 80.4 cm³/mol. The maximum absolute atomic E-state index is 13.5. The SMILES string of the molecule is CC(c1cccs1)N(C)CC(=O)Nc1ccc(F)cc1F. The number of amides is 1. The molecule has 1 aromatic carbocycles. The second-order valence-corrected chi connectivity index (χ2v) is 5.76. The van der Waals surface area contributed by atoms with E-state index in [9.17, 15) is 13.6 Å². The fourth-order valence-electron chi connectivity index (χ4n) is 1.89. The Balaban J connectivity index is 1.95. The van der Waals surface area contributed by atoms with Crippen molar-refractivity contribution in [2.75, 3.05) is 18.9 Å². The average molecular weight is 310 g/mol. The number of nitrogens with zero attached hydrogens (tertiary/aromatic N) is 1. The van der Waals surface area contributed by atoms with Crippen LogP contribution >= 0.6 is 11.3 Å². The summed E-state index contributed by atoms with van der Waals surface area (Å²) in [6.07, 6.45) is 0. The zero-order valence-corrected chi connectivity index (χ0v) is 12.6. The van der Waals surface area contributed by atoms with Gasteiger partial charge in [0.25, 0.3) is 0 Å². The lowest BCUT2D eigenvalue weighted by atomic mass is 10.2. The zero-order chi connectivity index (χ0) is 15.4. The molecule has 112 valence electrons. The highest BCUT2D eigenvalue weighted by Gasteiger charge is 2.16. The van der Waals surface area contributed by atoms with E-state index in [1.165, 1.54) is 6.07 Å². The highest BCUT2D eigenvalue weighted by molar-refractivity contribution is 7.10. The van der Waals surface area contributed by atoms with Crippen LogP contribution in [0.25, 0.3) is 0 Å². The van der Waals surface area contributed by atoms with Crippen LogP contribution in [0.4, 0.5) is 14.5 Å². The van der Waals surface area contributed by atoms with Crippen molar-refractivity contribution in [2.45, 2.75) is 13.0 Å². The zero-order valence-electron chi connectivity index (χ0n) is 11.8. The first-order valence-corrected chi connectivity index (χ1v) is 7.34. The third-order valence-electron chi connectivity index (χ3n) is 3.21. The van der Waals surface area contributed by atoms with E-state index in [0.29, 0.717) is 0 Å². The molecule has 0 aliphatic heterocycles. The van der Waals surface area contributed by atoms with E-state index in [2.05, 4.69) is 5.32 Å². The van der Waals surface area contributed by atoms with Crippen LogP contribution in [-0.4, -0.2) is 24.4 Å². The summed E-state index contributed by atoms with van der Waals surface area (Å²) in [5.41, 5.74) is -0.0152. The molecule has 0 radical (unpaired) electrons. The first kappa shape index (κ1) is 15.6. The molecular formula is C15H16F2N2OS. The van der Waals surface area contributed by atoms with Crippen LogP contribution in [0, 0.1) is 11.6 Å². The van der Waals surface area contributed by atoms with E-state index >= 15 is 0 Å². The molecule has 0 fully saturated rings. The Morgan fingerprint density at radius 1 is 1.38 bits per heavy atom. The molecule has 0 aliphatic rings. The number of carbonyl (C=O) groups excluding carboxylic acids is 1. The van der Waals surface area contributed by atoms with E-state index < -0.39 is 11.6 Å². The molecule has 1 N–H and O–H groups in total. The number of halogens is 2. The summed E-state index contributed by atoms with van der Waals surface area (Å²) in [7, 11) is 1.82. The molecule has 1 unspecified atom stereocenters. The Labute approximate surface area is 126 Å². The summed E-state index contributed by atoms with van der Waals surface area (Å²) in [5, 5.41) is 4.43. The van der Waals surface area contributed by atoms with Gasteiger partial charge in [-0.3, -0.25) is 9.69 Å². The van der Waals surface area contributed by atoms with Crippen molar-refractivity contribution in [1.29, 1.82) is 0 Å². The van der Waals surface area contributed by atoms with Crippen molar-refractivity contribution in [3.05, 3.63) is 52.2 Å². The Morgan fingerprint density at radius 2 is 2.14 bits per heavy atom. The van der Waals surface area contributed by atoms with Gasteiger partial charge < -0.3 is 5.32 Å². The first-order chi connectivity index (χ1) is 9.97.